The maximum absolute atomic E-state index is 13.3. The Labute approximate surface area is 179 Å². The van der Waals surface area contributed by atoms with E-state index in [1.807, 2.05) is 4.90 Å². The van der Waals surface area contributed by atoms with Crippen molar-refractivity contribution < 1.29 is 18.0 Å². The van der Waals surface area contributed by atoms with Crippen LogP contribution in [0.25, 0.3) is 0 Å². The van der Waals surface area contributed by atoms with Gasteiger partial charge in [0.1, 0.15) is 12.6 Å². The van der Waals surface area contributed by atoms with Gasteiger partial charge < -0.3 is 10.2 Å². The SMILES string of the molecule is CN(C)S(=O)(=O)c1ccc2c(c1)N(CC(=O)Nc1nccs1)C(=O)C1CCCCN21. The highest BCUT2D eigenvalue weighted by atomic mass is 32.2. The number of anilines is 3. The number of rotatable bonds is 5. The number of fused-ring (bicyclic) bond motifs is 3. The van der Waals surface area contributed by atoms with Crippen LogP contribution in [0.3, 0.4) is 0 Å². The van der Waals surface area contributed by atoms with Crippen LogP contribution in [0.1, 0.15) is 19.3 Å². The molecule has 2 aliphatic heterocycles. The summed E-state index contributed by atoms with van der Waals surface area (Å²) in [6.07, 6.45) is 4.19. The molecule has 1 fully saturated rings. The summed E-state index contributed by atoms with van der Waals surface area (Å²) in [4.78, 5) is 33.4. The van der Waals surface area contributed by atoms with Gasteiger partial charge in [-0.3, -0.25) is 14.5 Å². The molecule has 11 heteroatoms. The maximum Gasteiger partial charge on any atom is 0.250 e. The second-order valence-corrected chi connectivity index (χ2v) is 10.5. The van der Waals surface area contributed by atoms with Crippen LogP contribution in [0.2, 0.25) is 0 Å². The molecule has 1 atom stereocenters. The highest BCUT2D eigenvalue weighted by Gasteiger charge is 2.40. The van der Waals surface area contributed by atoms with E-state index in [0.29, 0.717) is 17.2 Å². The number of thiazole rings is 1. The largest absolute Gasteiger partial charge is 0.358 e. The summed E-state index contributed by atoms with van der Waals surface area (Å²) >= 11 is 1.29. The van der Waals surface area contributed by atoms with Crippen molar-refractivity contribution in [1.29, 1.82) is 0 Å². The number of aromatic nitrogens is 1. The van der Waals surface area contributed by atoms with Crippen molar-refractivity contribution in [2.45, 2.75) is 30.2 Å². The van der Waals surface area contributed by atoms with Crippen molar-refractivity contribution >= 4 is 49.7 Å². The second kappa shape index (κ2) is 7.97. The predicted molar refractivity (Wildman–Crippen MR) is 115 cm³/mol. The van der Waals surface area contributed by atoms with Crippen LogP contribution in [-0.2, 0) is 19.6 Å². The molecule has 0 bridgehead atoms. The van der Waals surface area contributed by atoms with E-state index in [-0.39, 0.29) is 29.3 Å². The summed E-state index contributed by atoms with van der Waals surface area (Å²) in [5.74, 6) is -0.565. The lowest BCUT2D eigenvalue weighted by Crippen LogP contribution is -2.56. The van der Waals surface area contributed by atoms with E-state index in [0.717, 1.165) is 29.4 Å². The van der Waals surface area contributed by atoms with E-state index < -0.39 is 10.0 Å². The van der Waals surface area contributed by atoms with Crippen molar-refractivity contribution in [2.24, 2.45) is 0 Å². The van der Waals surface area contributed by atoms with Gasteiger partial charge in [0.25, 0.3) is 0 Å². The van der Waals surface area contributed by atoms with Crippen LogP contribution in [0, 0.1) is 0 Å². The first-order valence-corrected chi connectivity index (χ1v) is 11.9. The molecule has 160 valence electrons. The first-order valence-electron chi connectivity index (χ1n) is 9.63. The number of piperidine rings is 1. The molecule has 0 saturated carbocycles. The Bertz CT molecular complexity index is 1070. The lowest BCUT2D eigenvalue weighted by Gasteiger charge is -2.45. The van der Waals surface area contributed by atoms with Crippen molar-refractivity contribution in [3.8, 4) is 0 Å². The third kappa shape index (κ3) is 3.68. The molecule has 2 amide bonds. The summed E-state index contributed by atoms with van der Waals surface area (Å²) in [7, 11) is -0.766. The molecule has 2 aromatic rings. The fourth-order valence-corrected chi connectivity index (χ4v) is 5.33. The number of hydrogen-bond acceptors (Lipinski definition) is 7. The minimum atomic E-state index is -3.68. The number of benzene rings is 1. The van der Waals surface area contributed by atoms with Gasteiger partial charge in [0.2, 0.25) is 21.8 Å². The van der Waals surface area contributed by atoms with Crippen LogP contribution in [0.5, 0.6) is 0 Å². The number of carbonyl (C=O) groups is 2. The van der Waals surface area contributed by atoms with Crippen molar-refractivity contribution in [3.05, 3.63) is 29.8 Å². The van der Waals surface area contributed by atoms with Gasteiger partial charge in [-0.1, -0.05) is 0 Å². The Hall–Kier alpha value is -2.50. The van der Waals surface area contributed by atoms with Gasteiger partial charge in [0.15, 0.2) is 5.13 Å². The van der Waals surface area contributed by atoms with Crippen LogP contribution < -0.4 is 15.1 Å². The number of carbonyl (C=O) groups excluding carboxylic acids is 2. The standard InChI is InChI=1S/C19H23N5O4S2/c1-22(2)30(27,28)13-6-7-14-16(11-13)24(12-17(25)21-19-20-8-10-29-19)18(26)15-5-3-4-9-23(14)15/h6-8,10-11,15H,3-5,9,12H2,1-2H3,(H,20,21,25). The molecule has 30 heavy (non-hydrogen) atoms. The van der Waals surface area contributed by atoms with Gasteiger partial charge >= 0.3 is 0 Å². The molecule has 3 heterocycles. The molecule has 1 saturated heterocycles. The third-order valence-electron chi connectivity index (χ3n) is 5.36. The van der Waals surface area contributed by atoms with Crippen molar-refractivity contribution in [1.82, 2.24) is 9.29 Å². The smallest absolute Gasteiger partial charge is 0.250 e. The first kappa shape index (κ1) is 20.8. The Morgan fingerprint density at radius 1 is 1.30 bits per heavy atom. The summed E-state index contributed by atoms with van der Waals surface area (Å²) in [6, 6.07) is 4.45. The molecule has 1 unspecified atom stereocenters. The molecule has 1 N–H and O–H groups in total. The average molecular weight is 450 g/mol. The summed E-state index contributed by atoms with van der Waals surface area (Å²) in [6.45, 7) is 0.517. The fourth-order valence-electron chi connectivity index (χ4n) is 3.86. The molecule has 0 aliphatic carbocycles. The second-order valence-electron chi connectivity index (χ2n) is 7.45. The Morgan fingerprint density at radius 3 is 2.80 bits per heavy atom. The topological polar surface area (TPSA) is 103 Å². The van der Waals surface area contributed by atoms with Gasteiger partial charge in [-0.25, -0.2) is 17.7 Å². The minimum Gasteiger partial charge on any atom is -0.358 e. The van der Waals surface area contributed by atoms with E-state index in [1.54, 1.807) is 23.7 Å². The van der Waals surface area contributed by atoms with Crippen LogP contribution in [-0.4, -0.2) is 62.7 Å². The van der Waals surface area contributed by atoms with Crippen LogP contribution in [0.15, 0.2) is 34.7 Å². The fraction of sp³-hybridized carbons (Fsp3) is 0.421. The molecular formula is C19H23N5O4S2. The van der Waals surface area contributed by atoms with Crippen molar-refractivity contribution in [2.75, 3.05) is 42.3 Å². The number of hydrogen-bond donors (Lipinski definition) is 1. The Morgan fingerprint density at radius 2 is 2.10 bits per heavy atom. The number of nitrogens with one attached hydrogen (secondary N) is 1. The number of sulfonamides is 1. The lowest BCUT2D eigenvalue weighted by atomic mass is 9.96. The molecule has 1 aromatic heterocycles. The van der Waals surface area contributed by atoms with Gasteiger partial charge in [-0.05, 0) is 37.5 Å². The molecular weight excluding hydrogens is 426 g/mol. The van der Waals surface area contributed by atoms with E-state index in [2.05, 4.69) is 10.3 Å². The quantitative estimate of drug-likeness (QED) is 0.746. The summed E-state index contributed by atoms with van der Waals surface area (Å²) in [5.41, 5.74) is 1.22. The highest BCUT2D eigenvalue weighted by molar-refractivity contribution is 7.89. The van der Waals surface area contributed by atoms with Crippen LogP contribution >= 0.6 is 11.3 Å². The lowest BCUT2D eigenvalue weighted by molar-refractivity contribution is -0.123. The monoisotopic (exact) mass is 449 g/mol. The average Bonchev–Trinajstić information content (AvgIpc) is 3.23. The van der Waals surface area contributed by atoms with Gasteiger partial charge in [0.05, 0.1) is 16.3 Å². The minimum absolute atomic E-state index is 0.0832. The number of amides is 2. The molecule has 9 nitrogen and oxygen atoms in total. The Balaban J connectivity index is 1.73. The zero-order chi connectivity index (χ0) is 21.5. The normalized spacial score (nSPS) is 18.9. The summed E-state index contributed by atoms with van der Waals surface area (Å²) in [5, 5.41) is 4.89. The number of nitrogens with zero attached hydrogens (tertiary/aromatic N) is 4. The molecule has 4 rings (SSSR count). The predicted octanol–water partition coefficient (Wildman–Crippen LogP) is 1.74. The van der Waals surface area contributed by atoms with E-state index in [1.165, 1.54) is 36.4 Å². The Kier molecular flexibility index (Phi) is 5.51. The third-order valence-corrected chi connectivity index (χ3v) is 7.86. The zero-order valence-corrected chi connectivity index (χ0v) is 18.4. The van der Waals surface area contributed by atoms with Crippen molar-refractivity contribution in [3.63, 3.8) is 0 Å². The molecule has 1 aromatic carbocycles. The highest BCUT2D eigenvalue weighted by Crippen LogP contribution is 2.40. The van der Waals surface area contributed by atoms with Crippen LogP contribution in [0.4, 0.5) is 16.5 Å². The van der Waals surface area contributed by atoms with Gasteiger partial charge in [-0.2, -0.15) is 0 Å². The van der Waals surface area contributed by atoms with E-state index in [4.69, 9.17) is 0 Å². The molecule has 0 radical (unpaired) electrons. The molecule has 2 aliphatic rings. The van der Waals surface area contributed by atoms with Gasteiger partial charge in [0, 0.05) is 32.2 Å². The maximum atomic E-state index is 13.3. The zero-order valence-electron chi connectivity index (χ0n) is 16.7. The summed E-state index contributed by atoms with van der Waals surface area (Å²) < 4.78 is 26.4. The van der Waals surface area contributed by atoms with E-state index in [9.17, 15) is 18.0 Å². The first-order chi connectivity index (χ1) is 14.3. The van der Waals surface area contributed by atoms with E-state index >= 15 is 0 Å². The van der Waals surface area contributed by atoms with Gasteiger partial charge in [-0.15, -0.1) is 11.3 Å². The molecule has 0 spiro atoms.